The van der Waals surface area contributed by atoms with Crippen molar-refractivity contribution in [1.29, 1.82) is 0 Å². The highest BCUT2D eigenvalue weighted by Gasteiger charge is 2.31. The van der Waals surface area contributed by atoms with E-state index in [1.165, 1.54) is 0 Å². The first-order valence-electron chi connectivity index (χ1n) is 29.1. The number of aromatic carboxylic acids is 2. The number of rotatable bonds is 36. The van der Waals surface area contributed by atoms with Crippen molar-refractivity contribution in [1.82, 2.24) is 9.80 Å². The van der Waals surface area contributed by atoms with Crippen LogP contribution in [0.15, 0.2) is 91.2 Å². The van der Waals surface area contributed by atoms with Gasteiger partial charge in [-0.15, -0.1) is 0 Å². The molecule has 4 aromatic rings. The lowest BCUT2D eigenvalue weighted by molar-refractivity contribution is -0.144. The lowest BCUT2D eigenvalue weighted by Crippen LogP contribution is -2.37. The molecule has 4 aromatic carbocycles. The Kier molecular flexibility index (Phi) is 25.5. The second-order valence-corrected chi connectivity index (χ2v) is 21.7. The summed E-state index contributed by atoms with van der Waals surface area (Å²) in [6.07, 6.45) is 0. The summed E-state index contributed by atoms with van der Waals surface area (Å²) in [6.45, 7) is -8.37. The minimum atomic E-state index is -1.64. The number of fused-ring (bicyclic) bond motifs is 4. The number of carboxylic acids is 10. The van der Waals surface area contributed by atoms with Crippen LogP contribution in [-0.2, 0) is 59.2 Å². The van der Waals surface area contributed by atoms with Crippen LogP contribution in [0.2, 0.25) is 0 Å². The first kappa shape index (κ1) is 76.8. The summed E-state index contributed by atoms with van der Waals surface area (Å²) < 4.78 is 92.1. The number of aromatic hydroxyl groups is 2. The van der Waals surface area contributed by atoms with E-state index >= 15 is 0 Å². The number of aliphatic carboxylic acids is 8. The van der Waals surface area contributed by atoms with Crippen LogP contribution in [0.25, 0.3) is 66.8 Å². The molecule has 4 aliphatic rings. The molecule has 2 heterocycles. The van der Waals surface area contributed by atoms with Gasteiger partial charge >= 0.3 is 59.7 Å². The molecule has 0 saturated carbocycles. The number of anilines is 2. The molecule has 38 heteroatoms. The van der Waals surface area contributed by atoms with Gasteiger partial charge in [-0.2, -0.15) is 0 Å². The van der Waals surface area contributed by atoms with Crippen LogP contribution in [0.3, 0.4) is 0 Å². The highest BCUT2D eigenvalue weighted by molar-refractivity contribution is 6.10. The van der Waals surface area contributed by atoms with Gasteiger partial charge in [0.2, 0.25) is 10.9 Å². The van der Waals surface area contributed by atoms with Gasteiger partial charge in [0, 0.05) is 81.6 Å². The van der Waals surface area contributed by atoms with E-state index in [9.17, 15) is 116 Å². The van der Waals surface area contributed by atoms with Crippen molar-refractivity contribution < 1.29 is 155 Å². The number of carbonyl (C=O) groups is 10. The lowest BCUT2D eigenvalue weighted by atomic mass is 9.88. The Hall–Kier alpha value is -12.5. The summed E-state index contributed by atoms with van der Waals surface area (Å²) in [5.74, 6) is -21.9. The molecule has 0 bridgehead atoms. The summed E-state index contributed by atoms with van der Waals surface area (Å²) in [6, 6.07) is 10.2. The van der Waals surface area contributed by atoms with Gasteiger partial charge in [0.25, 0.3) is 0 Å². The van der Waals surface area contributed by atoms with Crippen molar-refractivity contribution in [3.63, 3.8) is 0 Å². The van der Waals surface area contributed by atoms with Crippen LogP contribution < -0.4 is 25.4 Å². The number of nitrogens with zero attached hydrogens (tertiary/aromatic N) is 4. The third kappa shape index (κ3) is 19.9. The predicted octanol–water partition coefficient (Wildman–Crippen LogP) is 4.27. The Labute approximate surface area is 566 Å². The number of phenols is 2. The van der Waals surface area contributed by atoms with E-state index in [1.54, 1.807) is 0 Å². The Bertz CT molecular complexity index is 4610. The molecule has 102 heavy (non-hydrogen) atoms. The summed E-state index contributed by atoms with van der Waals surface area (Å²) in [4.78, 5) is 145. The van der Waals surface area contributed by atoms with Crippen molar-refractivity contribution >= 4 is 93.0 Å². The van der Waals surface area contributed by atoms with Gasteiger partial charge in [0.15, 0.2) is 34.8 Å². The fraction of sp³-hybridized carbons (Fsp3) is 0.250. The van der Waals surface area contributed by atoms with E-state index in [-0.39, 0.29) is 129 Å². The quantitative estimate of drug-likeness (QED) is 0.0113. The number of benzene rings is 6. The van der Waals surface area contributed by atoms with Crippen LogP contribution in [0.4, 0.5) is 28.9 Å². The van der Waals surface area contributed by atoms with Crippen molar-refractivity contribution in [2.45, 2.75) is 6.61 Å². The fourth-order valence-electron chi connectivity index (χ4n) is 10.4. The van der Waals surface area contributed by atoms with E-state index < -0.39 is 182 Å². The number of carboxylic acid groups (broad SMARTS) is 10. The van der Waals surface area contributed by atoms with Crippen molar-refractivity contribution in [2.24, 2.45) is 0 Å². The molecule has 0 spiro atoms. The van der Waals surface area contributed by atoms with Crippen molar-refractivity contribution in [3.05, 3.63) is 133 Å². The SMILES string of the molecule is O=C(O)CN(CCOCCOc1cc(C(=O)O)c(-c2c3cc(F)c(=O)cc-3oc3cc(O)c(F)cc23)cc1N(CC(=O)O)CC(=O)O)CC(=O)O.O=C(O)CN(CCOCOCc1cc(-c2c3cc(F)c(=O)cc-3oc3cc(O)c(F)cc23)c(C(=O)O)cc1N(CC(=O)O)CC(=O)O)CC(=O)O. The Morgan fingerprint density at radius 2 is 0.784 bits per heavy atom. The molecule has 34 nitrogen and oxygen atoms in total. The molecule has 0 amide bonds. The van der Waals surface area contributed by atoms with Gasteiger partial charge in [0.05, 0.1) is 69.4 Å². The van der Waals surface area contributed by atoms with Gasteiger partial charge in [0.1, 0.15) is 68.0 Å². The average Bonchev–Trinajstić information content (AvgIpc) is 0.743. The van der Waals surface area contributed by atoms with Crippen LogP contribution in [0.5, 0.6) is 17.2 Å². The molecular weight excluding hydrogens is 1380 g/mol. The zero-order chi connectivity index (χ0) is 75.1. The Morgan fingerprint density at radius 1 is 0.392 bits per heavy atom. The van der Waals surface area contributed by atoms with Crippen LogP contribution in [0.1, 0.15) is 26.3 Å². The van der Waals surface area contributed by atoms with E-state index in [2.05, 4.69) is 0 Å². The van der Waals surface area contributed by atoms with Crippen molar-refractivity contribution in [2.75, 3.05) is 108 Å². The molecule has 0 aromatic heterocycles. The van der Waals surface area contributed by atoms with E-state index in [0.29, 0.717) is 6.07 Å². The maximum Gasteiger partial charge on any atom is 0.336 e. The lowest BCUT2D eigenvalue weighted by Gasteiger charge is -2.26. The topological polar surface area (TPSA) is 524 Å². The summed E-state index contributed by atoms with van der Waals surface area (Å²) >= 11 is 0. The van der Waals surface area contributed by atoms with E-state index in [0.717, 1.165) is 86.3 Å². The molecule has 0 atom stereocenters. The van der Waals surface area contributed by atoms with E-state index in [1.807, 2.05) is 0 Å². The van der Waals surface area contributed by atoms with Gasteiger partial charge in [-0.3, -0.25) is 57.7 Å². The number of hydrogen-bond donors (Lipinski definition) is 12. The molecule has 2 aliphatic carbocycles. The Morgan fingerprint density at radius 3 is 1.20 bits per heavy atom. The molecule has 0 saturated heterocycles. The third-order valence-corrected chi connectivity index (χ3v) is 14.4. The number of hydrogen-bond acceptors (Lipinski definition) is 24. The molecule has 2 aliphatic heterocycles. The van der Waals surface area contributed by atoms with Gasteiger partial charge in [-0.05, 0) is 59.7 Å². The monoisotopic (exact) mass is 1440 g/mol. The van der Waals surface area contributed by atoms with Gasteiger partial charge in [-0.25, -0.2) is 27.2 Å². The van der Waals surface area contributed by atoms with Gasteiger partial charge in [-0.1, -0.05) is 0 Å². The van der Waals surface area contributed by atoms with Crippen molar-refractivity contribution in [3.8, 4) is 62.1 Å². The summed E-state index contributed by atoms with van der Waals surface area (Å²) in [5.41, 5.74) is -5.95. The third-order valence-electron chi connectivity index (χ3n) is 14.4. The maximum absolute atomic E-state index is 14.7. The first-order valence-corrected chi connectivity index (χ1v) is 29.1. The maximum atomic E-state index is 14.7. The normalized spacial score (nSPS) is 11.2. The molecule has 0 unspecified atom stereocenters. The number of ether oxygens (including phenoxy) is 4. The smallest absolute Gasteiger partial charge is 0.336 e. The zero-order valence-electron chi connectivity index (χ0n) is 52.3. The number of halogens is 4. The highest BCUT2D eigenvalue weighted by Crippen LogP contribution is 2.47. The fourth-order valence-corrected chi connectivity index (χ4v) is 10.4. The second kappa shape index (κ2) is 33.8. The molecule has 540 valence electrons. The second-order valence-electron chi connectivity index (χ2n) is 21.7. The minimum Gasteiger partial charge on any atom is -0.505 e. The molecule has 12 N–H and O–H groups in total. The minimum absolute atomic E-state index is 0.0401. The summed E-state index contributed by atoms with van der Waals surface area (Å²) in [7, 11) is 0. The standard InChI is InChI=1S/2C32H28F2N2O15/c33-20-4-18-25(7-23(20)37)51-26-8-24(38)21(34)5-19(26)31(18)16-3-15(13-50-14-49-2-1-35(9-27(39)40)10-28(41)42)22(6-17(16)32(47)48)36(11-29(43)44)12-30(45)46;33-19-5-17-24(9-22(19)37)51-25-10-23(38)20(34)6-18(25)31(17)15-7-21(36(13-29(43)44)14-30(45)46)26(8-16(15)32(47)48)50-4-3-49-2-1-35(11-27(39)40)12-28(41)42/h3-8,37H,1-2,9-14H2,(H,39,40)(H,41,42)(H,43,44)(H,45,46)(H,47,48);5-10,37H,1-4,11-14H2,(H,39,40)(H,41,42)(H,43,44)(H,45,46)(H,47,48). The molecule has 0 radical (unpaired) electrons. The molecule has 0 fully saturated rings. The summed E-state index contributed by atoms with van der Waals surface area (Å²) in [5, 5.41) is 114. The molecular formula is C64H56F4N4O30. The van der Waals surface area contributed by atoms with E-state index in [4.69, 9.17) is 48.2 Å². The first-order chi connectivity index (χ1) is 48.1. The number of phenolic OH excluding ortho intramolecular Hbond substituents is 2. The zero-order valence-corrected chi connectivity index (χ0v) is 52.3. The van der Waals surface area contributed by atoms with Crippen LogP contribution in [-0.4, -0.2) is 229 Å². The molecule has 8 rings (SSSR count). The highest BCUT2D eigenvalue weighted by atomic mass is 19.1. The van der Waals surface area contributed by atoms with Crippen LogP contribution in [0, 0.1) is 23.3 Å². The van der Waals surface area contributed by atoms with Gasteiger partial charge < -0.3 is 98.9 Å². The average molecular weight is 1440 g/mol. The van der Waals surface area contributed by atoms with Crippen LogP contribution >= 0.6 is 0 Å². The Balaban J connectivity index is 0.000000286. The largest absolute Gasteiger partial charge is 0.505 e. The predicted molar refractivity (Wildman–Crippen MR) is 336 cm³/mol.